The van der Waals surface area contributed by atoms with Gasteiger partial charge in [0.1, 0.15) is 5.75 Å². The molecule has 3 aromatic carbocycles. The molecule has 2 nitrogen and oxygen atoms in total. The van der Waals surface area contributed by atoms with E-state index < -0.39 is 0 Å². The number of hydrogen-bond donors (Lipinski definition) is 0. The van der Waals surface area contributed by atoms with Gasteiger partial charge in [0.15, 0.2) is 5.78 Å². The van der Waals surface area contributed by atoms with Gasteiger partial charge in [-0.1, -0.05) is 66.7 Å². The molecule has 134 valence electrons. The molecule has 2 heteroatoms. The lowest BCUT2D eigenvalue weighted by Gasteiger charge is -2.23. The largest absolute Gasteiger partial charge is 0.497 e. The van der Waals surface area contributed by atoms with Gasteiger partial charge in [-0.2, -0.15) is 0 Å². The van der Waals surface area contributed by atoms with Crippen LogP contribution in [0.1, 0.15) is 29.9 Å². The molecule has 0 spiro atoms. The van der Waals surface area contributed by atoms with Crippen LogP contribution >= 0.6 is 0 Å². The number of allylic oxidation sites excluding steroid dienone is 2. The quantitative estimate of drug-likeness (QED) is 0.584. The lowest BCUT2D eigenvalue weighted by molar-refractivity contribution is -0.115. The number of carbonyl (C=O) groups excluding carboxylic acids is 1. The summed E-state index contributed by atoms with van der Waals surface area (Å²) >= 11 is 0. The van der Waals surface area contributed by atoms with Crippen molar-refractivity contribution >= 4 is 11.4 Å². The van der Waals surface area contributed by atoms with Gasteiger partial charge in [0.25, 0.3) is 0 Å². The third-order valence-corrected chi connectivity index (χ3v) is 5.20. The zero-order valence-corrected chi connectivity index (χ0v) is 15.4. The predicted molar refractivity (Wildman–Crippen MR) is 110 cm³/mol. The Kier molecular flexibility index (Phi) is 4.88. The van der Waals surface area contributed by atoms with Gasteiger partial charge in [0, 0.05) is 6.42 Å². The molecule has 27 heavy (non-hydrogen) atoms. The highest BCUT2D eigenvalue weighted by atomic mass is 16.5. The third-order valence-electron chi connectivity index (χ3n) is 5.20. The minimum atomic E-state index is 0.198. The molecular formula is C25H22O2. The molecule has 0 heterocycles. The second kappa shape index (κ2) is 7.63. The summed E-state index contributed by atoms with van der Waals surface area (Å²) in [6.07, 6.45) is 3.26. The molecule has 1 atom stereocenters. The lowest BCUT2D eigenvalue weighted by atomic mass is 9.81. The predicted octanol–water partition coefficient (Wildman–Crippen LogP) is 5.89. The highest BCUT2D eigenvalue weighted by molar-refractivity contribution is 5.99. The summed E-state index contributed by atoms with van der Waals surface area (Å²) in [5, 5.41) is 0. The Morgan fingerprint density at radius 2 is 1.37 bits per heavy atom. The van der Waals surface area contributed by atoms with Gasteiger partial charge in [0.05, 0.1) is 7.11 Å². The normalized spacial score (nSPS) is 16.7. The molecule has 0 saturated heterocycles. The molecule has 0 aliphatic heterocycles. The van der Waals surface area contributed by atoms with Crippen molar-refractivity contribution in [1.29, 1.82) is 0 Å². The second-order valence-corrected chi connectivity index (χ2v) is 6.96. The van der Waals surface area contributed by atoms with Crippen LogP contribution in [0.3, 0.4) is 0 Å². The fourth-order valence-electron chi connectivity index (χ4n) is 3.71. The van der Waals surface area contributed by atoms with Crippen LogP contribution in [0.15, 0.2) is 84.9 Å². The number of ether oxygens (including phenoxy) is 1. The summed E-state index contributed by atoms with van der Waals surface area (Å²) in [5.41, 5.74) is 5.83. The van der Waals surface area contributed by atoms with E-state index in [1.54, 1.807) is 7.11 Å². The molecule has 0 radical (unpaired) electrons. The SMILES string of the molecule is COc1ccc(C2CC(=O)C=C(c3ccc(-c4ccccc4)cc3)C2)cc1. The van der Waals surface area contributed by atoms with Crippen molar-refractivity contribution in [3.05, 3.63) is 96.1 Å². The third kappa shape index (κ3) is 3.85. The van der Waals surface area contributed by atoms with Crippen molar-refractivity contribution in [2.45, 2.75) is 18.8 Å². The average molecular weight is 354 g/mol. The number of hydrogen-bond acceptors (Lipinski definition) is 2. The molecule has 0 N–H and O–H groups in total. The Labute approximate surface area is 160 Å². The Morgan fingerprint density at radius 1 is 0.741 bits per heavy atom. The lowest BCUT2D eigenvalue weighted by Crippen LogP contribution is -2.12. The van der Waals surface area contributed by atoms with E-state index in [0.29, 0.717) is 6.42 Å². The van der Waals surface area contributed by atoms with Gasteiger partial charge in [-0.15, -0.1) is 0 Å². The van der Waals surface area contributed by atoms with Crippen LogP contribution in [-0.2, 0) is 4.79 Å². The highest BCUT2D eigenvalue weighted by Gasteiger charge is 2.23. The first-order valence-electron chi connectivity index (χ1n) is 9.26. The van der Waals surface area contributed by atoms with Crippen molar-refractivity contribution in [3.8, 4) is 16.9 Å². The standard InChI is InChI=1S/C25H22O2/c1-27-25-13-11-21(12-14-25)23-15-22(16-24(26)17-23)20-9-7-19(8-10-20)18-5-3-2-4-6-18/h2-14,16,23H,15,17H2,1H3. The topological polar surface area (TPSA) is 26.3 Å². The first-order valence-corrected chi connectivity index (χ1v) is 9.26. The summed E-state index contributed by atoms with van der Waals surface area (Å²) in [6.45, 7) is 0. The Morgan fingerprint density at radius 3 is 2.04 bits per heavy atom. The van der Waals surface area contributed by atoms with E-state index in [1.807, 2.05) is 36.4 Å². The van der Waals surface area contributed by atoms with E-state index in [9.17, 15) is 4.79 Å². The maximum Gasteiger partial charge on any atom is 0.156 e. The molecule has 0 bridgehead atoms. The van der Waals surface area contributed by atoms with Crippen molar-refractivity contribution < 1.29 is 9.53 Å². The molecule has 1 aliphatic carbocycles. The van der Waals surface area contributed by atoms with Gasteiger partial charge < -0.3 is 4.74 Å². The Balaban J connectivity index is 1.56. The molecule has 3 aromatic rings. The Bertz CT molecular complexity index is 951. The molecule has 0 amide bonds. The van der Waals surface area contributed by atoms with E-state index in [4.69, 9.17) is 4.74 Å². The minimum Gasteiger partial charge on any atom is -0.497 e. The maximum absolute atomic E-state index is 12.3. The maximum atomic E-state index is 12.3. The smallest absolute Gasteiger partial charge is 0.156 e. The average Bonchev–Trinajstić information content (AvgIpc) is 2.74. The number of benzene rings is 3. The number of rotatable bonds is 4. The van der Waals surface area contributed by atoms with Gasteiger partial charge >= 0.3 is 0 Å². The summed E-state index contributed by atoms with van der Waals surface area (Å²) in [5.74, 6) is 1.26. The zero-order valence-electron chi connectivity index (χ0n) is 15.4. The Hall–Kier alpha value is -3.13. The zero-order chi connectivity index (χ0) is 18.6. The fourth-order valence-corrected chi connectivity index (χ4v) is 3.71. The first-order chi connectivity index (χ1) is 13.2. The van der Waals surface area contributed by atoms with Gasteiger partial charge in [-0.25, -0.2) is 0 Å². The van der Waals surface area contributed by atoms with Crippen LogP contribution in [0.2, 0.25) is 0 Å². The number of methoxy groups -OCH3 is 1. The van der Waals surface area contributed by atoms with E-state index in [1.165, 1.54) is 16.7 Å². The van der Waals surface area contributed by atoms with Crippen LogP contribution in [0.5, 0.6) is 5.75 Å². The minimum absolute atomic E-state index is 0.198. The highest BCUT2D eigenvalue weighted by Crippen LogP contribution is 2.37. The van der Waals surface area contributed by atoms with Crippen molar-refractivity contribution in [1.82, 2.24) is 0 Å². The van der Waals surface area contributed by atoms with Crippen LogP contribution in [0.4, 0.5) is 0 Å². The molecule has 0 fully saturated rings. The number of carbonyl (C=O) groups is 1. The summed E-state index contributed by atoms with van der Waals surface area (Å²) < 4.78 is 5.24. The first kappa shape index (κ1) is 17.3. The second-order valence-electron chi connectivity index (χ2n) is 6.96. The van der Waals surface area contributed by atoms with Gasteiger partial charge in [-0.05, 0) is 58.4 Å². The van der Waals surface area contributed by atoms with Crippen LogP contribution in [-0.4, -0.2) is 12.9 Å². The van der Waals surface area contributed by atoms with E-state index in [-0.39, 0.29) is 11.7 Å². The number of ketones is 1. The summed E-state index contributed by atoms with van der Waals surface area (Å²) in [4.78, 5) is 12.3. The summed E-state index contributed by atoms with van der Waals surface area (Å²) in [7, 11) is 1.67. The monoisotopic (exact) mass is 354 g/mol. The van der Waals surface area contributed by atoms with Gasteiger partial charge in [-0.3, -0.25) is 4.79 Å². The molecular weight excluding hydrogens is 332 g/mol. The van der Waals surface area contributed by atoms with Crippen molar-refractivity contribution in [3.63, 3.8) is 0 Å². The van der Waals surface area contributed by atoms with Crippen LogP contribution in [0, 0.1) is 0 Å². The molecule has 4 rings (SSSR count). The van der Waals surface area contributed by atoms with Crippen molar-refractivity contribution in [2.75, 3.05) is 7.11 Å². The molecule has 0 saturated carbocycles. The van der Waals surface area contributed by atoms with Crippen LogP contribution in [0.25, 0.3) is 16.7 Å². The van der Waals surface area contributed by atoms with E-state index >= 15 is 0 Å². The molecule has 1 unspecified atom stereocenters. The molecule has 0 aromatic heterocycles. The molecule has 1 aliphatic rings. The van der Waals surface area contributed by atoms with E-state index in [2.05, 4.69) is 48.5 Å². The van der Waals surface area contributed by atoms with Crippen molar-refractivity contribution in [2.24, 2.45) is 0 Å². The van der Waals surface area contributed by atoms with Crippen LogP contribution < -0.4 is 4.74 Å². The van der Waals surface area contributed by atoms with Gasteiger partial charge in [0.2, 0.25) is 0 Å². The fraction of sp³-hybridized carbons (Fsp3) is 0.160. The summed E-state index contributed by atoms with van der Waals surface area (Å²) in [6, 6.07) is 26.9. The van der Waals surface area contributed by atoms with E-state index in [0.717, 1.165) is 23.3 Å².